The molecule has 1 atom stereocenters. The van der Waals surface area contributed by atoms with Crippen LogP contribution >= 0.6 is 11.6 Å². The molecule has 0 saturated carbocycles. The molecule has 0 aromatic heterocycles. The van der Waals surface area contributed by atoms with Gasteiger partial charge in [-0.2, -0.15) is 0 Å². The van der Waals surface area contributed by atoms with Crippen molar-refractivity contribution in [2.75, 3.05) is 17.3 Å². The van der Waals surface area contributed by atoms with E-state index in [1.807, 2.05) is 26.0 Å². The van der Waals surface area contributed by atoms with E-state index in [4.69, 9.17) is 11.6 Å². The fourth-order valence-electron chi connectivity index (χ4n) is 2.00. The summed E-state index contributed by atoms with van der Waals surface area (Å²) in [6.45, 7) is 3.95. The fraction of sp³-hybridized carbons (Fsp3) is 0.417. The Morgan fingerprint density at radius 3 is 2.81 bits per heavy atom. The van der Waals surface area contributed by atoms with E-state index in [-0.39, 0.29) is 11.9 Å². The van der Waals surface area contributed by atoms with Crippen LogP contribution in [-0.4, -0.2) is 19.0 Å². The van der Waals surface area contributed by atoms with Crippen LogP contribution in [0.4, 0.5) is 11.4 Å². The van der Waals surface area contributed by atoms with Gasteiger partial charge in [-0.05, 0) is 31.0 Å². The number of nitrogens with zero attached hydrogens (tertiary/aromatic N) is 1. The van der Waals surface area contributed by atoms with E-state index in [2.05, 4.69) is 5.32 Å². The molecule has 0 radical (unpaired) electrons. The molecule has 0 aliphatic carbocycles. The van der Waals surface area contributed by atoms with Gasteiger partial charge in [0, 0.05) is 7.05 Å². The maximum atomic E-state index is 12.0. The Balaban J connectivity index is 2.54. The number of rotatable bonds is 1. The van der Waals surface area contributed by atoms with Gasteiger partial charge in [0.1, 0.15) is 6.04 Å². The van der Waals surface area contributed by atoms with Crippen molar-refractivity contribution < 1.29 is 4.79 Å². The number of aryl methyl sites for hydroxylation is 1. The van der Waals surface area contributed by atoms with E-state index < -0.39 is 0 Å². The molecule has 0 spiro atoms. The second kappa shape index (κ2) is 3.98. The molecule has 86 valence electrons. The first-order chi connectivity index (χ1) is 7.54. The zero-order valence-electron chi connectivity index (χ0n) is 9.67. The van der Waals surface area contributed by atoms with Crippen LogP contribution in [0.15, 0.2) is 12.1 Å². The van der Waals surface area contributed by atoms with Crippen LogP contribution in [0.3, 0.4) is 0 Å². The van der Waals surface area contributed by atoms with Crippen molar-refractivity contribution in [1.29, 1.82) is 0 Å². The number of amides is 1. The number of nitrogens with one attached hydrogen (secondary N) is 1. The van der Waals surface area contributed by atoms with Gasteiger partial charge in [0.2, 0.25) is 5.91 Å². The minimum atomic E-state index is -0.169. The highest BCUT2D eigenvalue weighted by Crippen LogP contribution is 2.38. The molecule has 1 aliphatic heterocycles. The van der Waals surface area contributed by atoms with Crippen molar-refractivity contribution in [2.45, 2.75) is 26.3 Å². The molecule has 1 aromatic rings. The number of halogens is 1. The number of carbonyl (C=O) groups is 1. The molecular formula is C12H15ClN2O. The summed E-state index contributed by atoms with van der Waals surface area (Å²) in [6.07, 6.45) is 0.757. The van der Waals surface area contributed by atoms with Crippen molar-refractivity contribution in [3.8, 4) is 0 Å². The van der Waals surface area contributed by atoms with Gasteiger partial charge in [-0.1, -0.05) is 18.5 Å². The Labute approximate surface area is 100 Å². The summed E-state index contributed by atoms with van der Waals surface area (Å²) >= 11 is 6.18. The third kappa shape index (κ3) is 1.65. The summed E-state index contributed by atoms with van der Waals surface area (Å²) in [6, 6.07) is 3.71. The van der Waals surface area contributed by atoms with Gasteiger partial charge in [-0.15, -0.1) is 0 Å². The van der Waals surface area contributed by atoms with Gasteiger partial charge in [0.25, 0.3) is 0 Å². The van der Waals surface area contributed by atoms with Crippen LogP contribution in [-0.2, 0) is 4.79 Å². The minimum absolute atomic E-state index is 0.0941. The topological polar surface area (TPSA) is 32.3 Å². The molecule has 0 bridgehead atoms. The van der Waals surface area contributed by atoms with Gasteiger partial charge in [-0.3, -0.25) is 4.79 Å². The zero-order chi connectivity index (χ0) is 11.9. The van der Waals surface area contributed by atoms with E-state index >= 15 is 0 Å². The molecule has 1 N–H and O–H groups in total. The smallest absolute Gasteiger partial charge is 0.249 e. The molecule has 2 rings (SSSR count). The summed E-state index contributed by atoms with van der Waals surface area (Å²) in [5.41, 5.74) is 2.78. The van der Waals surface area contributed by atoms with Crippen molar-refractivity contribution in [3.63, 3.8) is 0 Å². The van der Waals surface area contributed by atoms with Crippen molar-refractivity contribution >= 4 is 28.9 Å². The summed E-state index contributed by atoms with van der Waals surface area (Å²) < 4.78 is 0. The van der Waals surface area contributed by atoms with Gasteiger partial charge in [-0.25, -0.2) is 0 Å². The maximum absolute atomic E-state index is 12.0. The zero-order valence-corrected chi connectivity index (χ0v) is 10.4. The SMILES string of the molecule is CCC1Nc2c(Cl)cc(C)cc2N(C)C1=O. The molecule has 4 heteroatoms. The quantitative estimate of drug-likeness (QED) is 0.816. The first-order valence-corrected chi connectivity index (χ1v) is 5.76. The van der Waals surface area contributed by atoms with Crippen molar-refractivity contribution in [2.24, 2.45) is 0 Å². The molecule has 1 aliphatic rings. The Bertz CT molecular complexity index is 445. The van der Waals surface area contributed by atoms with Gasteiger partial charge >= 0.3 is 0 Å². The predicted molar refractivity (Wildman–Crippen MR) is 67.3 cm³/mol. The van der Waals surface area contributed by atoms with Crippen LogP contribution in [0, 0.1) is 6.92 Å². The first-order valence-electron chi connectivity index (χ1n) is 5.38. The average molecular weight is 239 g/mol. The van der Waals surface area contributed by atoms with Crippen LogP contribution < -0.4 is 10.2 Å². The number of anilines is 2. The third-order valence-electron chi connectivity index (χ3n) is 2.93. The standard InChI is InChI=1S/C12H15ClN2O/c1-4-9-12(16)15(3)10-6-7(2)5-8(13)11(10)14-9/h5-6,9,14H,4H2,1-3H3. The fourth-order valence-corrected chi connectivity index (χ4v) is 2.32. The highest BCUT2D eigenvalue weighted by atomic mass is 35.5. The summed E-state index contributed by atoms with van der Waals surface area (Å²) in [4.78, 5) is 13.6. The van der Waals surface area contributed by atoms with Crippen LogP contribution in [0.1, 0.15) is 18.9 Å². The highest BCUT2D eigenvalue weighted by Gasteiger charge is 2.30. The Morgan fingerprint density at radius 2 is 2.19 bits per heavy atom. The number of hydrogen-bond acceptors (Lipinski definition) is 2. The molecule has 0 fully saturated rings. The molecule has 1 amide bonds. The summed E-state index contributed by atoms with van der Waals surface area (Å²) in [5, 5.41) is 3.87. The van der Waals surface area contributed by atoms with Crippen molar-refractivity contribution in [3.05, 3.63) is 22.7 Å². The molecular weight excluding hydrogens is 224 g/mol. The number of benzene rings is 1. The molecule has 1 heterocycles. The maximum Gasteiger partial charge on any atom is 0.249 e. The number of fused-ring (bicyclic) bond motifs is 1. The van der Waals surface area contributed by atoms with Crippen LogP contribution in [0.2, 0.25) is 5.02 Å². The summed E-state index contributed by atoms with van der Waals surface area (Å²) in [7, 11) is 1.79. The van der Waals surface area contributed by atoms with Gasteiger partial charge in [0.05, 0.1) is 16.4 Å². The lowest BCUT2D eigenvalue weighted by molar-refractivity contribution is -0.119. The average Bonchev–Trinajstić information content (AvgIpc) is 2.24. The highest BCUT2D eigenvalue weighted by molar-refractivity contribution is 6.34. The molecule has 0 saturated heterocycles. The lowest BCUT2D eigenvalue weighted by atomic mass is 10.1. The Kier molecular flexibility index (Phi) is 2.80. The Morgan fingerprint density at radius 1 is 1.50 bits per heavy atom. The minimum Gasteiger partial charge on any atom is -0.371 e. The lowest BCUT2D eigenvalue weighted by Gasteiger charge is -2.33. The molecule has 3 nitrogen and oxygen atoms in total. The third-order valence-corrected chi connectivity index (χ3v) is 3.23. The largest absolute Gasteiger partial charge is 0.371 e. The normalized spacial score (nSPS) is 19.4. The number of carbonyl (C=O) groups excluding carboxylic acids is 1. The summed E-state index contributed by atoms with van der Waals surface area (Å²) in [5.74, 6) is 0.0941. The number of likely N-dealkylation sites (N-methyl/N-ethyl adjacent to an activating group) is 1. The van der Waals surface area contributed by atoms with E-state index in [1.54, 1.807) is 11.9 Å². The number of hydrogen-bond donors (Lipinski definition) is 1. The van der Waals surface area contributed by atoms with E-state index in [9.17, 15) is 4.79 Å². The van der Waals surface area contributed by atoms with Crippen LogP contribution in [0.25, 0.3) is 0 Å². The van der Waals surface area contributed by atoms with Crippen molar-refractivity contribution in [1.82, 2.24) is 0 Å². The van der Waals surface area contributed by atoms with E-state index in [0.717, 1.165) is 23.4 Å². The second-order valence-corrected chi connectivity index (χ2v) is 4.55. The van der Waals surface area contributed by atoms with Gasteiger partial charge in [0.15, 0.2) is 0 Å². The molecule has 1 unspecified atom stereocenters. The molecule has 16 heavy (non-hydrogen) atoms. The van der Waals surface area contributed by atoms with Crippen LogP contribution in [0.5, 0.6) is 0 Å². The molecule has 1 aromatic carbocycles. The predicted octanol–water partition coefficient (Wildman–Crippen LogP) is 2.82. The van der Waals surface area contributed by atoms with E-state index in [1.165, 1.54) is 0 Å². The van der Waals surface area contributed by atoms with Gasteiger partial charge < -0.3 is 10.2 Å². The lowest BCUT2D eigenvalue weighted by Crippen LogP contribution is -2.44. The first kappa shape index (κ1) is 11.3. The monoisotopic (exact) mass is 238 g/mol. The van der Waals surface area contributed by atoms with E-state index in [0.29, 0.717) is 5.02 Å². The second-order valence-electron chi connectivity index (χ2n) is 4.14. The Hall–Kier alpha value is -1.22.